The molecule has 0 bridgehead atoms. The summed E-state index contributed by atoms with van der Waals surface area (Å²) in [6, 6.07) is 14.3. The van der Waals surface area contributed by atoms with Crippen molar-refractivity contribution in [1.29, 1.82) is 0 Å². The lowest BCUT2D eigenvalue weighted by Gasteiger charge is -2.09. The zero-order valence-electron chi connectivity index (χ0n) is 11.0. The molecule has 0 fully saturated rings. The Morgan fingerprint density at radius 3 is 3.00 bits per heavy atom. The molecule has 4 heteroatoms. The molecule has 20 heavy (non-hydrogen) atoms. The van der Waals surface area contributed by atoms with Gasteiger partial charge in [-0.25, -0.2) is 0 Å². The number of H-pyrrole nitrogens is 1. The summed E-state index contributed by atoms with van der Waals surface area (Å²) in [5, 5.41) is 8.64. The normalized spacial score (nSPS) is 17.1. The van der Waals surface area contributed by atoms with E-state index in [1.54, 1.807) is 0 Å². The highest BCUT2D eigenvalue weighted by Crippen LogP contribution is 2.39. The molecule has 1 aliphatic heterocycles. The van der Waals surface area contributed by atoms with Crippen LogP contribution in [0, 0.1) is 0 Å². The van der Waals surface area contributed by atoms with Gasteiger partial charge < -0.3 is 10.5 Å². The van der Waals surface area contributed by atoms with E-state index in [2.05, 4.69) is 34.5 Å². The van der Waals surface area contributed by atoms with E-state index >= 15 is 0 Å². The van der Waals surface area contributed by atoms with E-state index in [4.69, 9.17) is 10.5 Å². The molecule has 3 aromatic rings. The number of fused-ring (bicyclic) bond motifs is 2. The minimum atomic E-state index is 0.0800. The smallest absolute Gasteiger partial charge is 0.132 e. The molecular formula is C16H15N3O. The van der Waals surface area contributed by atoms with Crippen molar-refractivity contribution in [2.24, 2.45) is 5.73 Å². The highest BCUT2D eigenvalue weighted by atomic mass is 16.5. The first-order chi connectivity index (χ1) is 9.86. The molecule has 1 aromatic heterocycles. The van der Waals surface area contributed by atoms with Crippen molar-refractivity contribution in [2.75, 3.05) is 6.54 Å². The maximum Gasteiger partial charge on any atom is 0.132 e. The monoisotopic (exact) mass is 265 g/mol. The summed E-state index contributed by atoms with van der Waals surface area (Å²) < 4.78 is 5.98. The maximum atomic E-state index is 5.98. The fourth-order valence-corrected chi connectivity index (χ4v) is 2.83. The van der Waals surface area contributed by atoms with Crippen molar-refractivity contribution in [3.05, 3.63) is 48.0 Å². The van der Waals surface area contributed by atoms with Gasteiger partial charge >= 0.3 is 0 Å². The first kappa shape index (κ1) is 11.5. The summed E-state index contributed by atoms with van der Waals surface area (Å²) in [6.07, 6.45) is 0.957. The van der Waals surface area contributed by atoms with E-state index in [1.807, 2.05) is 18.2 Å². The van der Waals surface area contributed by atoms with Gasteiger partial charge in [-0.05, 0) is 17.7 Å². The van der Waals surface area contributed by atoms with Crippen molar-refractivity contribution in [3.63, 3.8) is 0 Å². The van der Waals surface area contributed by atoms with Gasteiger partial charge in [-0.2, -0.15) is 5.10 Å². The van der Waals surface area contributed by atoms with Crippen molar-refractivity contribution in [3.8, 4) is 17.0 Å². The summed E-state index contributed by atoms with van der Waals surface area (Å²) in [6.45, 7) is 0.537. The van der Waals surface area contributed by atoms with Gasteiger partial charge in [-0.1, -0.05) is 30.3 Å². The van der Waals surface area contributed by atoms with Gasteiger partial charge in [0.25, 0.3) is 0 Å². The molecule has 100 valence electrons. The molecule has 0 spiro atoms. The molecule has 0 radical (unpaired) electrons. The second-order valence-electron chi connectivity index (χ2n) is 5.09. The zero-order valence-corrected chi connectivity index (χ0v) is 11.0. The number of nitrogens with two attached hydrogens (primary N) is 1. The Labute approximate surface area is 116 Å². The molecule has 0 unspecified atom stereocenters. The number of hydrogen-bond donors (Lipinski definition) is 2. The fraction of sp³-hybridized carbons (Fsp3) is 0.188. The molecule has 0 saturated heterocycles. The van der Waals surface area contributed by atoms with E-state index in [9.17, 15) is 0 Å². The molecule has 2 heterocycles. The van der Waals surface area contributed by atoms with Crippen LogP contribution in [0.5, 0.6) is 5.75 Å². The van der Waals surface area contributed by atoms with Crippen LogP contribution >= 0.6 is 0 Å². The SMILES string of the molecule is NC[C@@H]1Cc2cccc(-c3n[nH]c4ccccc34)c2O1. The summed E-state index contributed by atoms with van der Waals surface area (Å²) in [7, 11) is 0. The largest absolute Gasteiger partial charge is 0.488 e. The lowest BCUT2D eigenvalue weighted by atomic mass is 10.0. The lowest BCUT2D eigenvalue weighted by Crippen LogP contribution is -2.24. The van der Waals surface area contributed by atoms with Crippen LogP contribution in [0.2, 0.25) is 0 Å². The summed E-state index contributed by atoms with van der Waals surface area (Å²) in [4.78, 5) is 0. The van der Waals surface area contributed by atoms with Gasteiger partial charge in [-0.3, -0.25) is 5.10 Å². The van der Waals surface area contributed by atoms with E-state index in [-0.39, 0.29) is 6.10 Å². The third-order valence-corrected chi connectivity index (χ3v) is 3.82. The second-order valence-corrected chi connectivity index (χ2v) is 5.09. The quantitative estimate of drug-likeness (QED) is 0.748. The summed E-state index contributed by atoms with van der Waals surface area (Å²) >= 11 is 0. The number of nitrogens with zero attached hydrogens (tertiary/aromatic N) is 1. The van der Waals surface area contributed by atoms with E-state index in [1.165, 1.54) is 5.56 Å². The Balaban J connectivity index is 1.90. The minimum Gasteiger partial charge on any atom is -0.488 e. The van der Waals surface area contributed by atoms with Gasteiger partial charge in [0.05, 0.1) is 5.52 Å². The summed E-state index contributed by atoms with van der Waals surface area (Å²) in [5.41, 5.74) is 9.95. The van der Waals surface area contributed by atoms with Crippen LogP contribution in [0.3, 0.4) is 0 Å². The van der Waals surface area contributed by atoms with Crippen LogP contribution < -0.4 is 10.5 Å². The molecule has 2 aromatic carbocycles. The van der Waals surface area contributed by atoms with Crippen LogP contribution in [-0.2, 0) is 6.42 Å². The molecule has 3 N–H and O–H groups in total. The van der Waals surface area contributed by atoms with E-state index < -0.39 is 0 Å². The topological polar surface area (TPSA) is 63.9 Å². The van der Waals surface area contributed by atoms with Gasteiger partial charge in [0.1, 0.15) is 17.5 Å². The van der Waals surface area contributed by atoms with Crippen molar-refractivity contribution >= 4 is 10.9 Å². The predicted molar refractivity (Wildman–Crippen MR) is 78.7 cm³/mol. The Bertz CT molecular complexity index is 778. The third-order valence-electron chi connectivity index (χ3n) is 3.82. The number of aromatic amines is 1. The summed E-state index contributed by atoms with van der Waals surface area (Å²) in [5.74, 6) is 0.931. The van der Waals surface area contributed by atoms with Gasteiger partial charge in [0, 0.05) is 23.9 Å². The van der Waals surface area contributed by atoms with Crippen molar-refractivity contribution in [2.45, 2.75) is 12.5 Å². The number of benzene rings is 2. The first-order valence-corrected chi connectivity index (χ1v) is 6.79. The average molecular weight is 265 g/mol. The zero-order chi connectivity index (χ0) is 13.5. The standard InChI is InChI=1S/C16H15N3O/c17-9-11-8-10-4-3-6-13(16(10)20-11)15-12-5-1-2-7-14(12)18-19-15/h1-7,11H,8-9,17H2,(H,18,19)/t11-/m0/s1. The Kier molecular flexibility index (Phi) is 2.50. The molecule has 4 nitrogen and oxygen atoms in total. The van der Waals surface area contributed by atoms with Gasteiger partial charge in [-0.15, -0.1) is 0 Å². The molecule has 1 aliphatic rings. The van der Waals surface area contributed by atoms with Crippen LogP contribution in [-0.4, -0.2) is 22.8 Å². The predicted octanol–water partition coefficient (Wildman–Crippen LogP) is 2.49. The highest BCUT2D eigenvalue weighted by Gasteiger charge is 2.25. The first-order valence-electron chi connectivity index (χ1n) is 6.79. The number of para-hydroxylation sites is 2. The number of nitrogens with one attached hydrogen (secondary N) is 1. The van der Waals surface area contributed by atoms with Crippen LogP contribution in [0.1, 0.15) is 5.56 Å². The van der Waals surface area contributed by atoms with Crippen LogP contribution in [0.15, 0.2) is 42.5 Å². The van der Waals surface area contributed by atoms with E-state index in [0.717, 1.165) is 34.3 Å². The van der Waals surface area contributed by atoms with Gasteiger partial charge in [0.2, 0.25) is 0 Å². The Morgan fingerprint density at radius 2 is 2.10 bits per heavy atom. The molecule has 0 saturated carbocycles. The number of ether oxygens (including phenoxy) is 1. The molecule has 1 atom stereocenters. The van der Waals surface area contributed by atoms with Crippen LogP contribution in [0.25, 0.3) is 22.2 Å². The van der Waals surface area contributed by atoms with Crippen LogP contribution in [0.4, 0.5) is 0 Å². The molecule has 0 amide bonds. The lowest BCUT2D eigenvalue weighted by molar-refractivity contribution is 0.242. The van der Waals surface area contributed by atoms with E-state index in [0.29, 0.717) is 6.54 Å². The average Bonchev–Trinajstić information content (AvgIpc) is 3.10. The maximum absolute atomic E-state index is 5.98. The third kappa shape index (κ3) is 1.62. The molecule has 0 aliphatic carbocycles. The minimum absolute atomic E-state index is 0.0800. The second kappa shape index (κ2) is 4.35. The Hall–Kier alpha value is -2.33. The van der Waals surface area contributed by atoms with Crippen molar-refractivity contribution < 1.29 is 4.74 Å². The number of aromatic nitrogens is 2. The van der Waals surface area contributed by atoms with Crippen molar-refractivity contribution in [1.82, 2.24) is 10.2 Å². The highest BCUT2D eigenvalue weighted by molar-refractivity contribution is 5.94. The Morgan fingerprint density at radius 1 is 1.20 bits per heavy atom. The van der Waals surface area contributed by atoms with Gasteiger partial charge in [0.15, 0.2) is 0 Å². The fourth-order valence-electron chi connectivity index (χ4n) is 2.83. The number of rotatable bonds is 2. The molecule has 4 rings (SSSR count). The number of hydrogen-bond acceptors (Lipinski definition) is 3. The molecular weight excluding hydrogens is 250 g/mol.